The first kappa shape index (κ1) is 17.5. The van der Waals surface area contributed by atoms with E-state index >= 15 is 0 Å². The standard InChI is InChI=1S/C20H26N2S/c1-4-15(3)16-11-13-18(14-12-16)21-20(23)22-19(5-2)17-9-7-6-8-10-17/h6-15,19H,4-5H2,1-3H3,(H2,21,22,23). The third kappa shape index (κ3) is 5.07. The fraction of sp³-hybridized carbons (Fsp3) is 0.350. The molecule has 0 saturated carbocycles. The second kappa shape index (κ2) is 8.68. The molecule has 0 aliphatic heterocycles. The summed E-state index contributed by atoms with van der Waals surface area (Å²) in [6, 6.07) is 19.2. The Kier molecular flexibility index (Phi) is 6.60. The number of nitrogens with one attached hydrogen (secondary N) is 2. The zero-order valence-corrected chi connectivity index (χ0v) is 15.0. The average molecular weight is 327 g/mol. The van der Waals surface area contributed by atoms with Gasteiger partial charge in [0, 0.05) is 5.69 Å². The van der Waals surface area contributed by atoms with Gasteiger partial charge in [-0.2, -0.15) is 0 Å². The molecule has 2 atom stereocenters. The number of benzene rings is 2. The first-order chi connectivity index (χ1) is 11.1. The summed E-state index contributed by atoms with van der Waals surface area (Å²) < 4.78 is 0. The lowest BCUT2D eigenvalue weighted by Crippen LogP contribution is -2.32. The predicted octanol–water partition coefficient (Wildman–Crippen LogP) is 5.64. The Hall–Kier alpha value is -1.87. The van der Waals surface area contributed by atoms with Gasteiger partial charge in [-0.05, 0) is 54.2 Å². The molecule has 0 saturated heterocycles. The lowest BCUT2D eigenvalue weighted by molar-refractivity contribution is 0.629. The topological polar surface area (TPSA) is 24.1 Å². The van der Waals surface area contributed by atoms with Crippen LogP contribution in [0.15, 0.2) is 54.6 Å². The van der Waals surface area contributed by atoms with E-state index in [9.17, 15) is 0 Å². The average Bonchev–Trinajstić information content (AvgIpc) is 2.60. The van der Waals surface area contributed by atoms with E-state index < -0.39 is 0 Å². The highest BCUT2D eigenvalue weighted by molar-refractivity contribution is 7.80. The van der Waals surface area contributed by atoms with Crippen molar-refractivity contribution in [3.8, 4) is 0 Å². The van der Waals surface area contributed by atoms with Crippen molar-refractivity contribution >= 4 is 23.0 Å². The van der Waals surface area contributed by atoms with E-state index in [2.05, 4.69) is 79.9 Å². The van der Waals surface area contributed by atoms with Crippen molar-refractivity contribution in [1.29, 1.82) is 0 Å². The Bertz CT molecular complexity index is 607. The zero-order valence-electron chi connectivity index (χ0n) is 14.2. The summed E-state index contributed by atoms with van der Waals surface area (Å²) in [6.07, 6.45) is 2.14. The van der Waals surface area contributed by atoms with Crippen LogP contribution in [0, 0.1) is 0 Å². The van der Waals surface area contributed by atoms with Crippen molar-refractivity contribution in [2.24, 2.45) is 0 Å². The Balaban J connectivity index is 1.96. The van der Waals surface area contributed by atoms with Crippen LogP contribution in [-0.2, 0) is 0 Å². The fourth-order valence-corrected chi connectivity index (χ4v) is 2.82. The maximum absolute atomic E-state index is 5.46. The van der Waals surface area contributed by atoms with E-state index in [0.717, 1.165) is 18.5 Å². The quantitative estimate of drug-likeness (QED) is 0.672. The molecule has 3 heteroatoms. The molecule has 122 valence electrons. The molecule has 2 aromatic carbocycles. The summed E-state index contributed by atoms with van der Waals surface area (Å²) in [5.41, 5.74) is 3.65. The monoisotopic (exact) mass is 326 g/mol. The first-order valence-electron chi connectivity index (χ1n) is 8.36. The highest BCUT2D eigenvalue weighted by Crippen LogP contribution is 2.21. The number of hydrogen-bond donors (Lipinski definition) is 2. The van der Waals surface area contributed by atoms with Crippen LogP contribution in [0.2, 0.25) is 0 Å². The van der Waals surface area contributed by atoms with Crippen molar-refractivity contribution in [1.82, 2.24) is 5.32 Å². The third-order valence-electron chi connectivity index (χ3n) is 4.27. The summed E-state index contributed by atoms with van der Waals surface area (Å²) in [5, 5.41) is 7.35. The predicted molar refractivity (Wildman–Crippen MR) is 104 cm³/mol. The van der Waals surface area contributed by atoms with Crippen LogP contribution >= 0.6 is 12.2 Å². The highest BCUT2D eigenvalue weighted by atomic mass is 32.1. The molecule has 0 spiro atoms. The van der Waals surface area contributed by atoms with Crippen LogP contribution < -0.4 is 10.6 Å². The summed E-state index contributed by atoms with van der Waals surface area (Å²) in [5.74, 6) is 0.594. The molecule has 2 N–H and O–H groups in total. The van der Waals surface area contributed by atoms with Gasteiger partial charge in [-0.25, -0.2) is 0 Å². The Morgan fingerprint density at radius 3 is 2.13 bits per heavy atom. The molecule has 2 nitrogen and oxygen atoms in total. The zero-order chi connectivity index (χ0) is 16.7. The normalized spacial score (nSPS) is 13.2. The lowest BCUT2D eigenvalue weighted by Gasteiger charge is -2.20. The van der Waals surface area contributed by atoms with Gasteiger partial charge in [0.15, 0.2) is 5.11 Å². The van der Waals surface area contributed by atoms with Gasteiger partial charge in [-0.3, -0.25) is 0 Å². The molecule has 2 rings (SSSR count). The maximum Gasteiger partial charge on any atom is 0.171 e. The fourth-order valence-electron chi connectivity index (χ4n) is 2.56. The van der Waals surface area contributed by atoms with Crippen LogP contribution in [0.4, 0.5) is 5.69 Å². The molecule has 0 amide bonds. The maximum atomic E-state index is 5.46. The summed E-state index contributed by atoms with van der Waals surface area (Å²) in [4.78, 5) is 0. The molecule has 23 heavy (non-hydrogen) atoms. The van der Waals surface area contributed by atoms with Crippen LogP contribution in [0.3, 0.4) is 0 Å². The van der Waals surface area contributed by atoms with Gasteiger partial charge in [0.05, 0.1) is 6.04 Å². The van der Waals surface area contributed by atoms with Gasteiger partial charge in [-0.15, -0.1) is 0 Å². The largest absolute Gasteiger partial charge is 0.356 e. The molecule has 0 bridgehead atoms. The van der Waals surface area contributed by atoms with Gasteiger partial charge in [-0.1, -0.05) is 63.2 Å². The van der Waals surface area contributed by atoms with Crippen LogP contribution in [0.5, 0.6) is 0 Å². The van der Waals surface area contributed by atoms with Crippen molar-refractivity contribution in [2.45, 2.75) is 45.6 Å². The van der Waals surface area contributed by atoms with Crippen molar-refractivity contribution < 1.29 is 0 Å². The molecule has 2 unspecified atom stereocenters. The number of anilines is 1. The van der Waals surface area contributed by atoms with Crippen molar-refractivity contribution in [3.05, 3.63) is 65.7 Å². The van der Waals surface area contributed by atoms with Gasteiger partial charge >= 0.3 is 0 Å². The Morgan fingerprint density at radius 1 is 0.913 bits per heavy atom. The first-order valence-corrected chi connectivity index (χ1v) is 8.77. The van der Waals surface area contributed by atoms with Crippen LogP contribution in [-0.4, -0.2) is 5.11 Å². The van der Waals surface area contributed by atoms with Crippen molar-refractivity contribution in [3.63, 3.8) is 0 Å². The minimum atomic E-state index is 0.232. The van der Waals surface area contributed by atoms with E-state index in [1.54, 1.807) is 0 Å². The minimum Gasteiger partial charge on any atom is -0.356 e. The summed E-state index contributed by atoms with van der Waals surface area (Å²) in [6.45, 7) is 6.62. The molecule has 0 aliphatic rings. The molecular formula is C20H26N2S. The smallest absolute Gasteiger partial charge is 0.171 e. The third-order valence-corrected chi connectivity index (χ3v) is 4.49. The molecule has 2 aromatic rings. The molecule has 0 heterocycles. The van der Waals surface area contributed by atoms with Gasteiger partial charge in [0.2, 0.25) is 0 Å². The highest BCUT2D eigenvalue weighted by Gasteiger charge is 2.10. The van der Waals surface area contributed by atoms with E-state index in [4.69, 9.17) is 12.2 Å². The van der Waals surface area contributed by atoms with Gasteiger partial charge in [0.1, 0.15) is 0 Å². The summed E-state index contributed by atoms with van der Waals surface area (Å²) in [7, 11) is 0. The SMILES string of the molecule is CCC(C)c1ccc(NC(=S)NC(CC)c2ccccc2)cc1. The lowest BCUT2D eigenvalue weighted by atomic mass is 9.99. The Labute approximate surface area is 145 Å². The molecule has 0 aromatic heterocycles. The second-order valence-corrected chi connectivity index (χ2v) is 6.31. The Morgan fingerprint density at radius 2 is 1.57 bits per heavy atom. The molecule has 0 fully saturated rings. The van der Waals surface area contributed by atoms with E-state index in [1.165, 1.54) is 11.1 Å². The summed E-state index contributed by atoms with van der Waals surface area (Å²) >= 11 is 5.46. The van der Waals surface area contributed by atoms with Crippen LogP contribution in [0.25, 0.3) is 0 Å². The molecule has 0 aliphatic carbocycles. The van der Waals surface area contributed by atoms with Crippen molar-refractivity contribution in [2.75, 3.05) is 5.32 Å². The van der Waals surface area contributed by atoms with Crippen LogP contribution in [0.1, 0.15) is 56.7 Å². The van der Waals surface area contributed by atoms with E-state index in [-0.39, 0.29) is 6.04 Å². The molecular weight excluding hydrogens is 300 g/mol. The van der Waals surface area contributed by atoms with Gasteiger partial charge < -0.3 is 10.6 Å². The second-order valence-electron chi connectivity index (χ2n) is 5.90. The van der Waals surface area contributed by atoms with E-state index in [1.807, 2.05) is 6.07 Å². The number of hydrogen-bond acceptors (Lipinski definition) is 1. The van der Waals surface area contributed by atoms with E-state index in [0.29, 0.717) is 11.0 Å². The van der Waals surface area contributed by atoms with Gasteiger partial charge in [0.25, 0.3) is 0 Å². The number of thiocarbonyl (C=S) groups is 1. The minimum absolute atomic E-state index is 0.232. The molecule has 0 radical (unpaired) electrons. The number of rotatable bonds is 6.